The Morgan fingerprint density at radius 1 is 1.27 bits per heavy atom. The minimum atomic E-state index is -0.275. The monoisotopic (exact) mass is 428 g/mol. The number of hydrogen-bond acceptors (Lipinski definition) is 6. The van der Waals surface area contributed by atoms with E-state index in [2.05, 4.69) is 20.8 Å². The van der Waals surface area contributed by atoms with Gasteiger partial charge in [-0.25, -0.2) is 4.39 Å². The molecule has 4 rings (SSSR count). The first kappa shape index (κ1) is 20.1. The van der Waals surface area contributed by atoms with Crippen molar-refractivity contribution in [2.24, 2.45) is 5.92 Å². The Balaban J connectivity index is 1.31. The third-order valence-corrected chi connectivity index (χ3v) is 6.18. The third kappa shape index (κ3) is 4.23. The summed E-state index contributed by atoms with van der Waals surface area (Å²) in [4.78, 5) is 27.8. The molecule has 0 aliphatic carbocycles. The van der Waals surface area contributed by atoms with E-state index < -0.39 is 0 Å². The van der Waals surface area contributed by atoms with E-state index in [9.17, 15) is 14.0 Å². The summed E-state index contributed by atoms with van der Waals surface area (Å²) >= 11 is 1.35. The first-order valence-electron chi connectivity index (χ1n) is 9.66. The topological polar surface area (TPSA) is 93.0 Å². The second kappa shape index (κ2) is 8.70. The molecule has 1 saturated heterocycles. The van der Waals surface area contributed by atoms with Crippen molar-refractivity contribution in [3.05, 3.63) is 57.8 Å². The molecule has 0 radical (unpaired) electrons. The number of likely N-dealkylation sites (tertiary alicyclic amines) is 1. The second-order valence-corrected chi connectivity index (χ2v) is 8.17. The van der Waals surface area contributed by atoms with Gasteiger partial charge in [-0.15, -0.1) is 16.4 Å². The lowest BCUT2D eigenvalue weighted by Gasteiger charge is -2.31. The summed E-state index contributed by atoms with van der Waals surface area (Å²) in [6.45, 7) is 3.00. The van der Waals surface area contributed by atoms with Crippen LogP contribution in [0.4, 0.5) is 4.39 Å². The molecule has 1 aliphatic rings. The van der Waals surface area contributed by atoms with E-state index in [0.29, 0.717) is 48.6 Å². The van der Waals surface area contributed by atoms with Crippen molar-refractivity contribution >= 4 is 23.2 Å². The van der Waals surface area contributed by atoms with Crippen molar-refractivity contribution in [2.75, 3.05) is 13.1 Å². The molecule has 3 heterocycles. The van der Waals surface area contributed by atoms with Crippen LogP contribution in [0.5, 0.6) is 0 Å². The van der Waals surface area contributed by atoms with Crippen LogP contribution in [0, 0.1) is 18.7 Å². The van der Waals surface area contributed by atoms with Crippen molar-refractivity contribution in [3.63, 3.8) is 0 Å². The molecule has 30 heavy (non-hydrogen) atoms. The summed E-state index contributed by atoms with van der Waals surface area (Å²) in [7, 11) is 0. The zero-order valence-electron chi connectivity index (χ0n) is 16.4. The number of nitrogens with one attached hydrogen (secondary N) is 1. The Hall–Kier alpha value is -3.14. The van der Waals surface area contributed by atoms with Gasteiger partial charge >= 0.3 is 0 Å². The lowest BCUT2D eigenvalue weighted by atomic mass is 9.95. The molecule has 2 amide bonds. The number of piperidine rings is 1. The number of hydrogen-bond donors (Lipinski definition) is 1. The largest absolute Gasteiger partial charge is 0.352 e. The van der Waals surface area contributed by atoms with Gasteiger partial charge in [0.1, 0.15) is 17.0 Å². The van der Waals surface area contributed by atoms with Gasteiger partial charge in [0, 0.05) is 25.6 Å². The Morgan fingerprint density at radius 3 is 2.77 bits per heavy atom. The van der Waals surface area contributed by atoms with Gasteiger partial charge in [-0.2, -0.15) is 4.68 Å². The van der Waals surface area contributed by atoms with E-state index in [-0.39, 0.29) is 23.5 Å². The molecule has 0 bridgehead atoms. The van der Waals surface area contributed by atoms with Crippen LogP contribution in [0.15, 0.2) is 36.0 Å². The quantitative estimate of drug-likeness (QED) is 0.673. The van der Waals surface area contributed by atoms with Crippen LogP contribution in [0.25, 0.3) is 5.69 Å². The molecule has 2 aromatic heterocycles. The lowest BCUT2D eigenvalue weighted by Crippen LogP contribution is -2.43. The van der Waals surface area contributed by atoms with Crippen LogP contribution in [-0.2, 0) is 11.3 Å². The van der Waals surface area contributed by atoms with E-state index in [1.807, 2.05) is 17.5 Å². The van der Waals surface area contributed by atoms with Crippen LogP contribution in [0.3, 0.4) is 0 Å². The highest BCUT2D eigenvalue weighted by Gasteiger charge is 2.29. The Bertz CT molecular complexity index is 1040. The average Bonchev–Trinajstić information content (AvgIpc) is 3.45. The zero-order valence-corrected chi connectivity index (χ0v) is 17.2. The summed E-state index contributed by atoms with van der Waals surface area (Å²) in [5, 5.41) is 15.8. The maximum atomic E-state index is 13.7. The van der Waals surface area contributed by atoms with Gasteiger partial charge in [-0.1, -0.05) is 12.1 Å². The summed E-state index contributed by atoms with van der Waals surface area (Å²) in [6.07, 6.45) is 2.63. The van der Waals surface area contributed by atoms with E-state index in [1.165, 1.54) is 28.4 Å². The summed E-state index contributed by atoms with van der Waals surface area (Å²) in [5.74, 6) is -0.576. The van der Waals surface area contributed by atoms with Gasteiger partial charge in [-0.05, 0) is 58.8 Å². The molecule has 8 nitrogen and oxygen atoms in total. The number of halogens is 1. The van der Waals surface area contributed by atoms with Gasteiger partial charge < -0.3 is 10.2 Å². The third-order valence-electron chi connectivity index (χ3n) is 5.29. The van der Waals surface area contributed by atoms with E-state index in [0.717, 1.165) is 5.56 Å². The number of rotatable bonds is 5. The molecule has 156 valence electrons. The van der Waals surface area contributed by atoms with Gasteiger partial charge in [0.05, 0.1) is 5.69 Å². The Morgan fingerprint density at radius 2 is 2.07 bits per heavy atom. The SMILES string of the molecule is Cc1ccc(CNC(=O)C2CCN(C(=O)c3sccc3-n3cnnn3)CC2)cc1F. The molecule has 0 spiro atoms. The highest BCUT2D eigenvalue weighted by Crippen LogP contribution is 2.25. The molecule has 1 aliphatic heterocycles. The van der Waals surface area contributed by atoms with Crippen LogP contribution in [-0.4, -0.2) is 50.0 Å². The number of aryl methyl sites for hydroxylation is 1. The minimum absolute atomic E-state index is 0.0615. The standard InChI is InChI=1S/C20H21FN6O2S/c1-13-2-3-14(10-16(13)21)11-22-19(28)15-4-7-26(8-5-15)20(29)18-17(6-9-30-18)27-12-23-24-25-27/h2-3,6,9-10,12,15H,4-5,7-8,11H2,1H3,(H,22,28). The fraction of sp³-hybridized carbons (Fsp3) is 0.350. The molecular formula is C20H21FN6O2S. The van der Waals surface area contributed by atoms with E-state index in [4.69, 9.17) is 0 Å². The molecular weight excluding hydrogens is 407 g/mol. The first-order valence-corrected chi connectivity index (χ1v) is 10.5. The van der Waals surface area contributed by atoms with Crippen LogP contribution >= 0.6 is 11.3 Å². The number of benzene rings is 1. The second-order valence-electron chi connectivity index (χ2n) is 7.26. The highest BCUT2D eigenvalue weighted by atomic mass is 32.1. The average molecular weight is 428 g/mol. The maximum Gasteiger partial charge on any atom is 0.266 e. The van der Waals surface area contributed by atoms with Crippen molar-refractivity contribution in [1.29, 1.82) is 0 Å². The van der Waals surface area contributed by atoms with Gasteiger partial charge in [0.25, 0.3) is 5.91 Å². The minimum Gasteiger partial charge on any atom is -0.352 e. The first-order chi connectivity index (χ1) is 14.5. The molecule has 1 aromatic carbocycles. The van der Waals surface area contributed by atoms with Gasteiger partial charge in [-0.3, -0.25) is 9.59 Å². The molecule has 10 heteroatoms. The normalized spacial score (nSPS) is 14.7. The molecule has 0 saturated carbocycles. The van der Waals surface area contributed by atoms with Gasteiger partial charge in [0.15, 0.2) is 0 Å². The number of carbonyl (C=O) groups is 2. The molecule has 0 atom stereocenters. The van der Waals surface area contributed by atoms with Crippen LogP contribution in [0.2, 0.25) is 0 Å². The molecule has 1 fully saturated rings. The number of nitrogens with zero attached hydrogens (tertiary/aromatic N) is 5. The Kier molecular flexibility index (Phi) is 5.84. The lowest BCUT2D eigenvalue weighted by molar-refractivity contribution is -0.126. The number of aromatic nitrogens is 4. The molecule has 0 unspecified atom stereocenters. The number of tetrazole rings is 1. The summed E-state index contributed by atoms with van der Waals surface area (Å²) in [5.41, 5.74) is 1.96. The summed E-state index contributed by atoms with van der Waals surface area (Å²) < 4.78 is 15.1. The smallest absolute Gasteiger partial charge is 0.266 e. The summed E-state index contributed by atoms with van der Waals surface area (Å²) in [6, 6.07) is 6.76. The zero-order chi connectivity index (χ0) is 21.1. The van der Waals surface area contributed by atoms with Crippen LogP contribution in [0.1, 0.15) is 33.6 Å². The maximum absolute atomic E-state index is 13.7. The molecule has 1 N–H and O–H groups in total. The van der Waals surface area contributed by atoms with Gasteiger partial charge in [0.2, 0.25) is 5.91 Å². The van der Waals surface area contributed by atoms with Crippen molar-refractivity contribution in [1.82, 2.24) is 30.4 Å². The Labute approximate surface area is 176 Å². The van der Waals surface area contributed by atoms with Crippen LogP contribution < -0.4 is 5.32 Å². The fourth-order valence-electron chi connectivity index (χ4n) is 3.48. The van der Waals surface area contributed by atoms with Crippen molar-refractivity contribution in [2.45, 2.75) is 26.3 Å². The number of amides is 2. The predicted octanol–water partition coefficient (Wildman–Crippen LogP) is 2.34. The fourth-order valence-corrected chi connectivity index (χ4v) is 4.33. The van der Waals surface area contributed by atoms with E-state index >= 15 is 0 Å². The highest BCUT2D eigenvalue weighted by molar-refractivity contribution is 7.12. The number of carbonyl (C=O) groups excluding carboxylic acids is 2. The van der Waals surface area contributed by atoms with E-state index in [1.54, 1.807) is 17.9 Å². The predicted molar refractivity (Wildman–Crippen MR) is 109 cm³/mol. The molecule has 3 aromatic rings. The number of thiophene rings is 1. The van der Waals surface area contributed by atoms with Crippen molar-refractivity contribution in [3.8, 4) is 5.69 Å². The van der Waals surface area contributed by atoms with Crippen molar-refractivity contribution < 1.29 is 14.0 Å².